The Morgan fingerprint density at radius 3 is 1.98 bits per heavy atom. The Kier molecular flexibility index (Phi) is 13.2. The summed E-state index contributed by atoms with van der Waals surface area (Å²) in [6.45, 7) is 3.74. The summed E-state index contributed by atoms with van der Waals surface area (Å²) in [4.78, 5) is 66.5. The summed E-state index contributed by atoms with van der Waals surface area (Å²) in [6, 6.07) is 12.0. The van der Waals surface area contributed by atoms with Gasteiger partial charge in [0.2, 0.25) is 29.5 Å². The zero-order chi connectivity index (χ0) is 30.8. The van der Waals surface area contributed by atoms with Crippen LogP contribution in [0.1, 0.15) is 37.8 Å². The fraction of sp³-hybridized carbons (Fsp3) is 0.367. The molecule has 1 aromatic heterocycles. The summed E-state index contributed by atoms with van der Waals surface area (Å²) in [5, 5.41) is 8.65. The van der Waals surface area contributed by atoms with E-state index >= 15 is 0 Å². The molecule has 0 aliphatic carbocycles. The average molecular weight is 614 g/mol. The number of primary amides is 2. The van der Waals surface area contributed by atoms with Gasteiger partial charge in [0, 0.05) is 23.5 Å². The first-order chi connectivity index (χ1) is 19.9. The molecule has 0 bridgehead atoms. The predicted molar refractivity (Wildman–Crippen MR) is 166 cm³/mol. The van der Waals surface area contributed by atoms with Gasteiger partial charge in [-0.1, -0.05) is 62.4 Å². The molecule has 3 aromatic rings. The minimum absolute atomic E-state index is 0. The lowest BCUT2D eigenvalue weighted by atomic mass is 10.0. The van der Waals surface area contributed by atoms with Gasteiger partial charge in [-0.25, -0.2) is 0 Å². The number of aromatic amines is 1. The fourth-order valence-electron chi connectivity index (χ4n) is 4.64. The molecule has 0 fully saturated rings. The summed E-state index contributed by atoms with van der Waals surface area (Å²) >= 11 is 0. The quantitative estimate of drug-likeness (QED) is 0.130. The summed E-state index contributed by atoms with van der Waals surface area (Å²) < 4.78 is 0. The molecule has 232 valence electrons. The van der Waals surface area contributed by atoms with Crippen LogP contribution in [-0.2, 0) is 36.8 Å². The number of hydrogen-bond donors (Lipinski definition) is 7. The number of H-pyrrole nitrogens is 1. The molecule has 0 aliphatic rings. The van der Waals surface area contributed by atoms with Gasteiger partial charge in [0.15, 0.2) is 0 Å². The summed E-state index contributed by atoms with van der Waals surface area (Å²) in [5.41, 5.74) is 19.6. The van der Waals surface area contributed by atoms with E-state index in [0.29, 0.717) is 0 Å². The molecule has 10 N–H and O–H groups in total. The largest absolute Gasteiger partial charge is 0.370 e. The summed E-state index contributed by atoms with van der Waals surface area (Å²) in [6.07, 6.45) is 1.84. The zero-order valence-electron chi connectivity index (χ0n) is 24.2. The van der Waals surface area contributed by atoms with Crippen LogP contribution in [0.5, 0.6) is 0 Å². The second-order valence-corrected chi connectivity index (χ2v) is 10.7. The van der Waals surface area contributed by atoms with Crippen LogP contribution in [-0.4, -0.2) is 58.7 Å². The molecule has 0 saturated heterocycles. The van der Waals surface area contributed by atoms with Gasteiger partial charge in [0.25, 0.3) is 0 Å². The van der Waals surface area contributed by atoms with E-state index in [0.717, 1.165) is 22.0 Å². The molecule has 4 atom stereocenters. The predicted octanol–water partition coefficient (Wildman–Crippen LogP) is 0.563. The lowest BCUT2D eigenvalue weighted by Crippen LogP contribution is -2.58. The minimum atomic E-state index is -1.40. The zero-order valence-corrected chi connectivity index (χ0v) is 25.0. The van der Waals surface area contributed by atoms with Crippen LogP contribution < -0.4 is 33.2 Å². The Hall–Kier alpha value is -4.42. The van der Waals surface area contributed by atoms with E-state index in [1.165, 1.54) is 0 Å². The van der Waals surface area contributed by atoms with Gasteiger partial charge < -0.3 is 38.1 Å². The van der Waals surface area contributed by atoms with Crippen molar-refractivity contribution in [3.63, 3.8) is 0 Å². The van der Waals surface area contributed by atoms with E-state index in [2.05, 4.69) is 20.9 Å². The van der Waals surface area contributed by atoms with Crippen molar-refractivity contribution in [3.05, 3.63) is 71.9 Å². The van der Waals surface area contributed by atoms with E-state index in [-0.39, 0.29) is 37.6 Å². The first-order valence-electron chi connectivity index (χ1n) is 13.8. The van der Waals surface area contributed by atoms with Crippen molar-refractivity contribution in [2.45, 2.75) is 63.7 Å². The molecule has 43 heavy (non-hydrogen) atoms. The lowest BCUT2D eigenvalue weighted by molar-refractivity contribution is -0.135. The summed E-state index contributed by atoms with van der Waals surface area (Å²) in [5.74, 6) is -3.71. The number of para-hydroxylation sites is 1. The van der Waals surface area contributed by atoms with E-state index < -0.39 is 60.1 Å². The molecule has 5 amide bonds. The van der Waals surface area contributed by atoms with Gasteiger partial charge in [-0.15, -0.1) is 12.4 Å². The second kappa shape index (κ2) is 16.3. The maximum Gasteiger partial charge on any atom is 0.243 e. The third-order valence-corrected chi connectivity index (χ3v) is 6.77. The minimum Gasteiger partial charge on any atom is -0.370 e. The highest BCUT2D eigenvalue weighted by Gasteiger charge is 2.31. The number of nitrogens with two attached hydrogens (primary N) is 3. The standard InChI is InChI=1S/C30H39N7O5.ClH/c1-17(2)12-24(36-28(40)21(31)14-19-16-34-22-11-7-6-10-20(19)22)29(41)37-25(15-26(32)38)30(42)35-23(27(33)39)13-18-8-4-3-5-9-18;/h3-11,16-17,21,23-25,34H,12-15,31H2,1-2H3,(H2,32,38)(H2,33,39)(H,35,42)(H,36,40)(H,37,41);1H/t21-,23-,24-,25-;/m0./s1. The van der Waals surface area contributed by atoms with Gasteiger partial charge in [-0.3, -0.25) is 24.0 Å². The number of nitrogens with one attached hydrogen (secondary N) is 4. The van der Waals surface area contributed by atoms with Crippen molar-refractivity contribution in [1.82, 2.24) is 20.9 Å². The van der Waals surface area contributed by atoms with Crippen LogP contribution >= 0.6 is 12.4 Å². The Morgan fingerprint density at radius 2 is 1.35 bits per heavy atom. The SMILES string of the molecule is CC(C)C[C@H](NC(=O)[C@@H](N)Cc1c[nH]c2ccccc12)C(=O)N[C@@H](CC(N)=O)C(=O)N[C@@H](Cc1ccccc1)C(N)=O.Cl. The van der Waals surface area contributed by atoms with Gasteiger partial charge in [-0.2, -0.15) is 0 Å². The highest BCUT2D eigenvalue weighted by molar-refractivity contribution is 5.96. The normalized spacial score (nSPS) is 13.7. The first kappa shape index (κ1) is 34.8. The Labute approximate surface area is 256 Å². The Morgan fingerprint density at radius 1 is 0.767 bits per heavy atom. The molecule has 12 nitrogen and oxygen atoms in total. The monoisotopic (exact) mass is 613 g/mol. The van der Waals surface area contributed by atoms with E-state index in [4.69, 9.17) is 17.2 Å². The number of amides is 5. The molecule has 0 aliphatic heterocycles. The van der Waals surface area contributed by atoms with Crippen molar-refractivity contribution in [2.24, 2.45) is 23.1 Å². The third kappa shape index (κ3) is 10.4. The molecular weight excluding hydrogens is 574 g/mol. The number of fused-ring (bicyclic) bond motifs is 1. The van der Waals surface area contributed by atoms with Crippen LogP contribution in [0.15, 0.2) is 60.8 Å². The van der Waals surface area contributed by atoms with Crippen LogP contribution in [0, 0.1) is 5.92 Å². The van der Waals surface area contributed by atoms with E-state index in [9.17, 15) is 24.0 Å². The van der Waals surface area contributed by atoms with Crippen LogP contribution in [0.3, 0.4) is 0 Å². The maximum atomic E-state index is 13.3. The number of carbonyl (C=O) groups excluding carboxylic acids is 5. The van der Waals surface area contributed by atoms with Gasteiger partial charge in [-0.05, 0) is 36.0 Å². The molecule has 0 saturated carbocycles. The number of aromatic nitrogens is 1. The molecule has 3 rings (SSSR count). The number of rotatable bonds is 15. The van der Waals surface area contributed by atoms with Crippen LogP contribution in [0.2, 0.25) is 0 Å². The van der Waals surface area contributed by atoms with Crippen LogP contribution in [0.25, 0.3) is 10.9 Å². The van der Waals surface area contributed by atoms with Gasteiger partial charge >= 0.3 is 0 Å². The van der Waals surface area contributed by atoms with E-state index in [1.54, 1.807) is 36.5 Å². The molecule has 0 spiro atoms. The number of hydrogen-bond acceptors (Lipinski definition) is 6. The topological polar surface area (TPSA) is 215 Å². The average Bonchev–Trinajstić information content (AvgIpc) is 3.34. The molecular formula is C30H40ClN7O5. The second-order valence-electron chi connectivity index (χ2n) is 10.7. The van der Waals surface area contributed by atoms with Crippen molar-refractivity contribution in [3.8, 4) is 0 Å². The van der Waals surface area contributed by atoms with Crippen molar-refractivity contribution in [1.29, 1.82) is 0 Å². The van der Waals surface area contributed by atoms with Crippen molar-refractivity contribution in [2.75, 3.05) is 0 Å². The molecule has 0 unspecified atom stereocenters. The number of carbonyl (C=O) groups is 5. The Balaban J connectivity index is 0.00000645. The molecule has 2 aromatic carbocycles. The van der Waals surface area contributed by atoms with Gasteiger partial charge in [0.05, 0.1) is 12.5 Å². The third-order valence-electron chi connectivity index (χ3n) is 6.77. The highest BCUT2D eigenvalue weighted by Crippen LogP contribution is 2.19. The Bertz CT molecular complexity index is 1410. The highest BCUT2D eigenvalue weighted by atomic mass is 35.5. The van der Waals surface area contributed by atoms with Crippen LogP contribution in [0.4, 0.5) is 0 Å². The molecule has 13 heteroatoms. The fourth-order valence-corrected chi connectivity index (χ4v) is 4.64. The maximum absolute atomic E-state index is 13.3. The number of benzene rings is 2. The molecule has 0 radical (unpaired) electrons. The van der Waals surface area contributed by atoms with Crippen molar-refractivity contribution < 1.29 is 24.0 Å². The van der Waals surface area contributed by atoms with E-state index in [1.807, 2.05) is 38.1 Å². The summed E-state index contributed by atoms with van der Waals surface area (Å²) in [7, 11) is 0. The smallest absolute Gasteiger partial charge is 0.243 e. The van der Waals surface area contributed by atoms with Gasteiger partial charge in [0.1, 0.15) is 18.1 Å². The molecule has 1 heterocycles. The first-order valence-corrected chi connectivity index (χ1v) is 13.8. The number of halogens is 1. The van der Waals surface area contributed by atoms with Crippen molar-refractivity contribution >= 4 is 52.8 Å². The lowest BCUT2D eigenvalue weighted by Gasteiger charge is -2.26.